The lowest BCUT2D eigenvalue weighted by molar-refractivity contribution is 0.669. The quantitative estimate of drug-likeness (QED) is 0.157. The molecule has 0 aliphatic rings. The molecule has 11 aromatic carbocycles. The number of hydrogen-bond donors (Lipinski definition) is 0. The second-order valence-corrected chi connectivity index (χ2v) is 15.7. The fraction of sp³-hybridized carbons (Fsp3) is 0. The van der Waals surface area contributed by atoms with Crippen LogP contribution in [0.25, 0.3) is 98.4 Å². The molecule has 0 aliphatic heterocycles. The Labute approximate surface area is 347 Å². The fourth-order valence-electron chi connectivity index (χ4n) is 9.25. The van der Waals surface area contributed by atoms with Crippen LogP contribution in [0.1, 0.15) is 0 Å². The molecule has 0 unspecified atom stereocenters. The SMILES string of the molecule is c1ccc(-c2cc(-c3ccc4ccccc4c3)ccc2N(c2cccc(-c3cc4ccccc4c4ccccc34)c2)c2ccc3c(c2)oc2cc4ccccc4cc23)cc1. The van der Waals surface area contributed by atoms with E-state index in [9.17, 15) is 0 Å². The van der Waals surface area contributed by atoms with Gasteiger partial charge in [-0.25, -0.2) is 0 Å². The molecule has 12 aromatic rings. The van der Waals surface area contributed by atoms with Gasteiger partial charge >= 0.3 is 0 Å². The third-order valence-electron chi connectivity index (χ3n) is 12.2. The molecular formula is C58H37NO. The second kappa shape index (κ2) is 13.9. The fourth-order valence-corrected chi connectivity index (χ4v) is 9.25. The van der Waals surface area contributed by atoms with Crippen molar-refractivity contribution in [3.05, 3.63) is 224 Å². The summed E-state index contributed by atoms with van der Waals surface area (Å²) in [5.41, 5.74) is 11.9. The standard InChI is InChI=1S/C58H37NO/c1-2-14-39(15-3-1)54-33-44(43-26-25-38-13-4-5-16-40(38)31-43)27-30-56(54)59(48-28-29-52-55-34-41-17-6-7-18-42(41)36-57(55)60-58(52)37-48)47-21-12-20-45(32-47)53-35-46-19-8-9-22-49(46)50-23-10-11-24-51(50)53/h1-37H. The van der Waals surface area contributed by atoms with Crippen LogP contribution in [0.3, 0.4) is 0 Å². The van der Waals surface area contributed by atoms with Crippen molar-refractivity contribution in [2.24, 2.45) is 0 Å². The number of furan rings is 1. The van der Waals surface area contributed by atoms with Gasteiger partial charge in [-0.15, -0.1) is 0 Å². The van der Waals surface area contributed by atoms with Crippen LogP contribution in [0, 0.1) is 0 Å². The van der Waals surface area contributed by atoms with Crippen LogP contribution >= 0.6 is 0 Å². The molecule has 1 heterocycles. The Balaban J connectivity index is 1.09. The van der Waals surface area contributed by atoms with Gasteiger partial charge in [0.25, 0.3) is 0 Å². The highest BCUT2D eigenvalue weighted by Gasteiger charge is 2.21. The van der Waals surface area contributed by atoms with Gasteiger partial charge in [-0.3, -0.25) is 0 Å². The van der Waals surface area contributed by atoms with Crippen molar-refractivity contribution in [2.75, 3.05) is 4.90 Å². The van der Waals surface area contributed by atoms with Crippen molar-refractivity contribution >= 4 is 82.1 Å². The summed E-state index contributed by atoms with van der Waals surface area (Å²) >= 11 is 0. The number of benzene rings is 11. The van der Waals surface area contributed by atoms with E-state index in [0.29, 0.717) is 0 Å². The molecule has 0 fully saturated rings. The summed E-state index contributed by atoms with van der Waals surface area (Å²) in [4.78, 5) is 2.41. The summed E-state index contributed by atoms with van der Waals surface area (Å²) in [5.74, 6) is 0. The monoisotopic (exact) mass is 763 g/mol. The Hall–Kier alpha value is -7.94. The summed E-state index contributed by atoms with van der Waals surface area (Å²) in [5, 5.41) is 12.0. The molecule has 0 bridgehead atoms. The Morgan fingerprint density at radius 3 is 1.72 bits per heavy atom. The van der Waals surface area contributed by atoms with E-state index in [2.05, 4.69) is 229 Å². The molecule has 0 amide bonds. The molecule has 0 aliphatic carbocycles. The Morgan fingerprint density at radius 1 is 0.267 bits per heavy atom. The van der Waals surface area contributed by atoms with Crippen molar-refractivity contribution in [1.29, 1.82) is 0 Å². The molecule has 0 saturated heterocycles. The van der Waals surface area contributed by atoms with E-state index >= 15 is 0 Å². The largest absolute Gasteiger partial charge is 0.456 e. The highest BCUT2D eigenvalue weighted by atomic mass is 16.3. The zero-order chi connectivity index (χ0) is 39.6. The van der Waals surface area contributed by atoms with Crippen LogP contribution in [0.2, 0.25) is 0 Å². The van der Waals surface area contributed by atoms with Crippen LogP contribution in [0.4, 0.5) is 17.1 Å². The summed E-state index contributed by atoms with van der Waals surface area (Å²) < 4.78 is 6.71. The first-order valence-electron chi connectivity index (χ1n) is 20.6. The molecular weight excluding hydrogens is 727 g/mol. The highest BCUT2D eigenvalue weighted by Crippen LogP contribution is 2.46. The predicted molar refractivity (Wildman–Crippen MR) is 255 cm³/mol. The van der Waals surface area contributed by atoms with E-state index in [1.807, 2.05) is 0 Å². The Morgan fingerprint density at radius 2 is 0.883 bits per heavy atom. The van der Waals surface area contributed by atoms with Gasteiger partial charge in [-0.05, 0) is 132 Å². The lowest BCUT2D eigenvalue weighted by Crippen LogP contribution is -2.11. The second-order valence-electron chi connectivity index (χ2n) is 15.7. The Kier molecular flexibility index (Phi) is 7.89. The van der Waals surface area contributed by atoms with Crippen LogP contribution < -0.4 is 4.90 Å². The molecule has 0 saturated carbocycles. The average molecular weight is 764 g/mol. The Bertz CT molecular complexity index is 3620. The highest BCUT2D eigenvalue weighted by molar-refractivity contribution is 6.14. The van der Waals surface area contributed by atoms with E-state index in [1.54, 1.807) is 0 Å². The van der Waals surface area contributed by atoms with Gasteiger partial charge in [-0.2, -0.15) is 0 Å². The summed E-state index contributed by atoms with van der Waals surface area (Å²) in [6.07, 6.45) is 0. The number of rotatable bonds is 6. The summed E-state index contributed by atoms with van der Waals surface area (Å²) in [6, 6.07) is 81.4. The molecule has 280 valence electrons. The van der Waals surface area contributed by atoms with Crippen LogP contribution in [-0.4, -0.2) is 0 Å². The molecule has 12 rings (SSSR count). The summed E-state index contributed by atoms with van der Waals surface area (Å²) in [6.45, 7) is 0. The lowest BCUT2D eigenvalue weighted by atomic mass is 9.92. The van der Waals surface area contributed by atoms with Crippen LogP contribution in [0.5, 0.6) is 0 Å². The first-order valence-corrected chi connectivity index (χ1v) is 20.6. The third kappa shape index (κ3) is 5.73. The van der Waals surface area contributed by atoms with Crippen molar-refractivity contribution < 1.29 is 4.42 Å². The van der Waals surface area contributed by atoms with Gasteiger partial charge in [0.15, 0.2) is 0 Å². The van der Waals surface area contributed by atoms with Crippen LogP contribution in [-0.2, 0) is 0 Å². The smallest absolute Gasteiger partial charge is 0.137 e. The lowest BCUT2D eigenvalue weighted by Gasteiger charge is -2.29. The molecule has 2 heteroatoms. The molecule has 0 radical (unpaired) electrons. The third-order valence-corrected chi connectivity index (χ3v) is 12.2. The van der Waals surface area contributed by atoms with Gasteiger partial charge in [0.2, 0.25) is 0 Å². The van der Waals surface area contributed by atoms with E-state index in [0.717, 1.165) is 55.7 Å². The van der Waals surface area contributed by atoms with E-state index in [1.165, 1.54) is 59.8 Å². The van der Waals surface area contributed by atoms with Gasteiger partial charge in [-0.1, -0.05) is 158 Å². The first kappa shape index (κ1) is 34.1. The molecule has 0 N–H and O–H groups in total. The molecule has 60 heavy (non-hydrogen) atoms. The van der Waals surface area contributed by atoms with Crippen LogP contribution in [0.15, 0.2) is 229 Å². The maximum atomic E-state index is 6.71. The van der Waals surface area contributed by atoms with Crippen molar-refractivity contribution in [1.82, 2.24) is 0 Å². The number of anilines is 3. The minimum Gasteiger partial charge on any atom is -0.456 e. The van der Waals surface area contributed by atoms with Gasteiger partial charge in [0.05, 0.1) is 5.69 Å². The maximum Gasteiger partial charge on any atom is 0.137 e. The molecule has 0 atom stereocenters. The number of fused-ring (bicyclic) bond motifs is 8. The van der Waals surface area contributed by atoms with Crippen molar-refractivity contribution in [3.8, 4) is 33.4 Å². The van der Waals surface area contributed by atoms with E-state index in [-0.39, 0.29) is 0 Å². The van der Waals surface area contributed by atoms with Crippen molar-refractivity contribution in [2.45, 2.75) is 0 Å². The average Bonchev–Trinajstić information content (AvgIpc) is 3.67. The van der Waals surface area contributed by atoms with E-state index in [4.69, 9.17) is 4.42 Å². The molecule has 2 nitrogen and oxygen atoms in total. The zero-order valence-electron chi connectivity index (χ0n) is 32.7. The van der Waals surface area contributed by atoms with Gasteiger partial charge in [0, 0.05) is 33.8 Å². The molecule has 0 spiro atoms. The van der Waals surface area contributed by atoms with E-state index < -0.39 is 0 Å². The minimum atomic E-state index is 0.855. The predicted octanol–water partition coefficient (Wildman–Crippen LogP) is 16.7. The number of hydrogen-bond acceptors (Lipinski definition) is 2. The first-order chi connectivity index (χ1) is 29.7. The molecule has 1 aromatic heterocycles. The summed E-state index contributed by atoms with van der Waals surface area (Å²) in [7, 11) is 0. The zero-order valence-corrected chi connectivity index (χ0v) is 32.7. The van der Waals surface area contributed by atoms with Crippen molar-refractivity contribution in [3.63, 3.8) is 0 Å². The maximum absolute atomic E-state index is 6.71. The number of nitrogens with zero attached hydrogens (tertiary/aromatic N) is 1. The minimum absolute atomic E-state index is 0.855. The van der Waals surface area contributed by atoms with Gasteiger partial charge in [0.1, 0.15) is 11.2 Å². The topological polar surface area (TPSA) is 16.4 Å². The normalized spacial score (nSPS) is 11.7. The van der Waals surface area contributed by atoms with Gasteiger partial charge < -0.3 is 9.32 Å².